The zero-order valence-corrected chi connectivity index (χ0v) is 49.6. The molecule has 0 bridgehead atoms. The third-order valence-electron chi connectivity index (χ3n) is 13.9. The Kier molecular flexibility index (Phi) is 60.3. The fourth-order valence-corrected chi connectivity index (χ4v) is 9.13. The molecule has 0 aliphatic carbocycles. The second-order valence-electron chi connectivity index (χ2n) is 21.3. The molecule has 0 aliphatic heterocycles. The predicted molar refractivity (Wildman–Crippen MR) is 325 cm³/mol. The van der Waals surface area contributed by atoms with Crippen molar-refractivity contribution in [3.63, 3.8) is 0 Å². The van der Waals surface area contributed by atoms with Crippen molar-refractivity contribution in [1.29, 1.82) is 0 Å². The molecule has 0 aromatic heterocycles. The van der Waals surface area contributed by atoms with Gasteiger partial charge >= 0.3 is 17.9 Å². The van der Waals surface area contributed by atoms with E-state index in [0.29, 0.717) is 19.3 Å². The molecule has 0 aromatic carbocycles. The van der Waals surface area contributed by atoms with Crippen molar-refractivity contribution in [3.05, 3.63) is 85.1 Å². The van der Waals surface area contributed by atoms with E-state index in [1.807, 2.05) is 0 Å². The van der Waals surface area contributed by atoms with Crippen LogP contribution in [0.25, 0.3) is 0 Å². The number of ether oxygens (including phenoxy) is 3. The van der Waals surface area contributed by atoms with Gasteiger partial charge in [-0.15, -0.1) is 0 Å². The molecule has 0 saturated carbocycles. The standard InChI is InChI=1S/C69H120O6/c1-4-7-10-13-15-17-19-21-23-25-26-27-28-29-30-31-32-33-34-35-36-37-38-39-40-41-42-44-45-47-49-51-53-56-59-62-68(71)74-65-66(64-73-67(70)61-58-55-12-9-6-3)75-69(72)63-60-57-54-52-50-48-46-43-24-22-20-18-16-14-11-8-5-2/h7,10,15,17,21,23,26-27,29-30,32-33,35-36,66H,4-6,8-9,11-14,16,18-20,22,24-25,28,31,34,37-65H2,1-3H3/b10-7-,17-15-,23-21-,27-26-,30-29-,33-32-,36-35-. The maximum Gasteiger partial charge on any atom is 0.306 e. The molecule has 0 spiro atoms. The molecule has 75 heavy (non-hydrogen) atoms. The minimum absolute atomic E-state index is 0.0724. The number of carbonyl (C=O) groups excluding carboxylic acids is 3. The van der Waals surface area contributed by atoms with Gasteiger partial charge in [-0.2, -0.15) is 0 Å². The van der Waals surface area contributed by atoms with Crippen molar-refractivity contribution < 1.29 is 28.6 Å². The van der Waals surface area contributed by atoms with Gasteiger partial charge in [-0.3, -0.25) is 14.4 Å². The van der Waals surface area contributed by atoms with E-state index in [2.05, 4.69) is 106 Å². The number of allylic oxidation sites excluding steroid dienone is 14. The SMILES string of the molecule is CC/C=C\C/C=C\C/C=C\C/C=C\C/C=C\C/C=C\C/C=C\CCCCCCCCCCCCCCCC(=O)OCC(COC(=O)CCCCCCC)OC(=O)CCCCCCCCCCCCCCCCCCC. The van der Waals surface area contributed by atoms with Crippen LogP contribution in [0.3, 0.4) is 0 Å². The molecule has 0 fully saturated rings. The predicted octanol–water partition coefficient (Wildman–Crippen LogP) is 21.9. The molecule has 0 aliphatic rings. The lowest BCUT2D eigenvalue weighted by atomic mass is 10.0. The highest BCUT2D eigenvalue weighted by atomic mass is 16.6. The van der Waals surface area contributed by atoms with Gasteiger partial charge < -0.3 is 14.2 Å². The summed E-state index contributed by atoms with van der Waals surface area (Å²) in [7, 11) is 0. The van der Waals surface area contributed by atoms with Crippen LogP contribution >= 0.6 is 0 Å². The van der Waals surface area contributed by atoms with Gasteiger partial charge in [0.1, 0.15) is 13.2 Å². The maximum atomic E-state index is 12.8. The molecule has 0 radical (unpaired) electrons. The monoisotopic (exact) mass is 1040 g/mol. The van der Waals surface area contributed by atoms with Crippen molar-refractivity contribution in [3.8, 4) is 0 Å². The molecule has 0 aromatic rings. The summed E-state index contributed by atoms with van der Waals surface area (Å²) in [5.41, 5.74) is 0. The summed E-state index contributed by atoms with van der Waals surface area (Å²) in [4.78, 5) is 37.9. The van der Waals surface area contributed by atoms with Crippen LogP contribution in [0.1, 0.15) is 316 Å². The van der Waals surface area contributed by atoms with Crippen LogP contribution < -0.4 is 0 Å². The van der Waals surface area contributed by atoms with Crippen LogP contribution in [0.5, 0.6) is 0 Å². The number of unbranched alkanes of at least 4 members (excludes halogenated alkanes) is 33. The Balaban J connectivity index is 3.96. The Labute approximate surface area is 465 Å². The molecule has 6 nitrogen and oxygen atoms in total. The zero-order chi connectivity index (χ0) is 54.3. The van der Waals surface area contributed by atoms with Gasteiger partial charge in [-0.1, -0.05) is 305 Å². The molecule has 432 valence electrons. The summed E-state index contributed by atoms with van der Waals surface area (Å²) in [5, 5.41) is 0. The Hall–Kier alpha value is -3.41. The van der Waals surface area contributed by atoms with E-state index in [-0.39, 0.29) is 31.1 Å². The molecule has 1 unspecified atom stereocenters. The van der Waals surface area contributed by atoms with Gasteiger partial charge in [0.2, 0.25) is 0 Å². The molecule has 6 heteroatoms. The van der Waals surface area contributed by atoms with Crippen LogP contribution in [-0.2, 0) is 28.6 Å². The highest BCUT2D eigenvalue weighted by Gasteiger charge is 2.19. The summed E-state index contributed by atoms with van der Waals surface area (Å²) >= 11 is 0. The van der Waals surface area contributed by atoms with Gasteiger partial charge in [0.05, 0.1) is 0 Å². The number of carbonyl (C=O) groups is 3. The summed E-state index contributed by atoms with van der Waals surface area (Å²) in [6.07, 6.45) is 83.6. The Morgan fingerprint density at radius 2 is 0.520 bits per heavy atom. The van der Waals surface area contributed by atoms with Crippen molar-refractivity contribution in [1.82, 2.24) is 0 Å². The van der Waals surface area contributed by atoms with Crippen molar-refractivity contribution in [2.24, 2.45) is 0 Å². The van der Waals surface area contributed by atoms with E-state index < -0.39 is 6.10 Å². The van der Waals surface area contributed by atoms with Crippen LogP contribution in [-0.4, -0.2) is 37.2 Å². The van der Waals surface area contributed by atoms with Crippen molar-refractivity contribution >= 4 is 17.9 Å². The van der Waals surface area contributed by atoms with E-state index in [1.165, 1.54) is 167 Å². The third-order valence-corrected chi connectivity index (χ3v) is 13.9. The van der Waals surface area contributed by atoms with Crippen LogP contribution in [0.2, 0.25) is 0 Å². The zero-order valence-electron chi connectivity index (χ0n) is 49.6. The fourth-order valence-electron chi connectivity index (χ4n) is 9.13. The molecule has 0 rings (SSSR count). The molecular formula is C69H120O6. The third kappa shape index (κ3) is 61.3. The van der Waals surface area contributed by atoms with Gasteiger partial charge in [0, 0.05) is 19.3 Å². The Morgan fingerprint density at radius 1 is 0.280 bits per heavy atom. The van der Waals surface area contributed by atoms with Crippen LogP contribution in [0.15, 0.2) is 85.1 Å². The van der Waals surface area contributed by atoms with Crippen molar-refractivity contribution in [2.45, 2.75) is 322 Å². The lowest BCUT2D eigenvalue weighted by molar-refractivity contribution is -0.167. The second kappa shape index (κ2) is 63.1. The number of rotatable bonds is 58. The van der Waals surface area contributed by atoms with Gasteiger partial charge in [-0.05, 0) is 77.0 Å². The Morgan fingerprint density at radius 3 is 0.813 bits per heavy atom. The average Bonchev–Trinajstić information content (AvgIpc) is 3.41. The summed E-state index contributed by atoms with van der Waals surface area (Å²) < 4.78 is 16.8. The largest absolute Gasteiger partial charge is 0.462 e. The minimum atomic E-state index is -0.769. The number of esters is 3. The fraction of sp³-hybridized carbons (Fsp3) is 0.754. The van der Waals surface area contributed by atoms with Gasteiger partial charge in [-0.25, -0.2) is 0 Å². The lowest BCUT2D eigenvalue weighted by Crippen LogP contribution is -2.30. The smallest absolute Gasteiger partial charge is 0.306 e. The topological polar surface area (TPSA) is 78.9 Å². The average molecular weight is 1050 g/mol. The van der Waals surface area contributed by atoms with Crippen LogP contribution in [0.4, 0.5) is 0 Å². The first-order valence-electron chi connectivity index (χ1n) is 32.1. The number of hydrogen-bond donors (Lipinski definition) is 0. The van der Waals surface area contributed by atoms with E-state index in [0.717, 1.165) is 109 Å². The molecule has 0 amide bonds. The first-order chi connectivity index (χ1) is 37.0. The summed E-state index contributed by atoms with van der Waals surface area (Å²) in [6.45, 7) is 6.47. The summed E-state index contributed by atoms with van der Waals surface area (Å²) in [5.74, 6) is -0.874. The molecule has 1 atom stereocenters. The quantitative estimate of drug-likeness (QED) is 0.0261. The van der Waals surface area contributed by atoms with Crippen molar-refractivity contribution in [2.75, 3.05) is 13.2 Å². The number of hydrogen-bond acceptors (Lipinski definition) is 6. The molecule has 0 N–H and O–H groups in total. The summed E-state index contributed by atoms with van der Waals surface area (Å²) in [6, 6.07) is 0. The van der Waals surface area contributed by atoms with Crippen LogP contribution in [0, 0.1) is 0 Å². The van der Waals surface area contributed by atoms with E-state index >= 15 is 0 Å². The highest BCUT2D eigenvalue weighted by Crippen LogP contribution is 2.17. The normalized spacial score (nSPS) is 12.6. The van der Waals surface area contributed by atoms with E-state index in [1.54, 1.807) is 0 Å². The molecule has 0 saturated heterocycles. The first-order valence-corrected chi connectivity index (χ1v) is 32.1. The Bertz CT molecular complexity index is 1430. The molecular weight excluding hydrogens is 925 g/mol. The molecule has 0 heterocycles. The van der Waals surface area contributed by atoms with E-state index in [9.17, 15) is 14.4 Å². The first kappa shape index (κ1) is 71.6. The minimum Gasteiger partial charge on any atom is -0.462 e. The van der Waals surface area contributed by atoms with Gasteiger partial charge in [0.15, 0.2) is 6.10 Å². The second-order valence-corrected chi connectivity index (χ2v) is 21.3. The van der Waals surface area contributed by atoms with E-state index in [4.69, 9.17) is 14.2 Å². The van der Waals surface area contributed by atoms with Gasteiger partial charge in [0.25, 0.3) is 0 Å². The maximum absolute atomic E-state index is 12.8. The lowest BCUT2D eigenvalue weighted by Gasteiger charge is -2.18. The highest BCUT2D eigenvalue weighted by molar-refractivity contribution is 5.71.